The fourth-order valence-corrected chi connectivity index (χ4v) is 1.96. The van der Waals surface area contributed by atoms with Gasteiger partial charge in [0.15, 0.2) is 0 Å². The average Bonchev–Trinajstić information content (AvgIpc) is 2.65. The maximum atomic E-state index is 11.1. The van der Waals surface area contributed by atoms with Gasteiger partial charge in [0.2, 0.25) is 0 Å². The molecule has 0 radical (unpaired) electrons. The molecule has 0 amide bonds. The molecule has 0 saturated carbocycles. The second-order valence-corrected chi connectivity index (χ2v) is 4.54. The van der Waals surface area contributed by atoms with Crippen molar-refractivity contribution in [1.29, 1.82) is 0 Å². The fourth-order valence-electron chi connectivity index (χ4n) is 1.84. The first-order valence-electron chi connectivity index (χ1n) is 5.56. The zero-order valence-corrected chi connectivity index (χ0v) is 11.4. The Kier molecular flexibility index (Phi) is 3.46. The van der Waals surface area contributed by atoms with E-state index >= 15 is 0 Å². The zero-order chi connectivity index (χ0) is 15.0. The quantitative estimate of drug-likeness (QED) is 0.693. The van der Waals surface area contributed by atoms with Crippen LogP contribution >= 0.6 is 11.6 Å². The first-order chi connectivity index (χ1) is 9.32. The van der Waals surface area contributed by atoms with E-state index in [-0.39, 0.29) is 16.9 Å². The molecule has 0 aliphatic heterocycles. The third kappa shape index (κ3) is 2.23. The van der Waals surface area contributed by atoms with Crippen LogP contribution in [0.2, 0.25) is 5.02 Å². The molecular formula is C12H10ClN3O4. The minimum absolute atomic E-state index is 0.0609. The molecule has 1 aromatic heterocycles. The van der Waals surface area contributed by atoms with Crippen molar-refractivity contribution in [2.24, 2.45) is 0 Å². The summed E-state index contributed by atoms with van der Waals surface area (Å²) in [5.74, 6) is -1.17. The predicted molar refractivity (Wildman–Crippen MR) is 71.7 cm³/mol. The summed E-state index contributed by atoms with van der Waals surface area (Å²) in [6.07, 6.45) is 0. The minimum atomic E-state index is -1.17. The van der Waals surface area contributed by atoms with E-state index < -0.39 is 10.9 Å². The minimum Gasteiger partial charge on any atom is -0.478 e. The van der Waals surface area contributed by atoms with Gasteiger partial charge in [-0.25, -0.2) is 9.48 Å². The van der Waals surface area contributed by atoms with Crippen molar-refractivity contribution in [3.63, 3.8) is 0 Å². The van der Waals surface area contributed by atoms with E-state index in [1.165, 1.54) is 16.8 Å². The molecule has 0 saturated heterocycles. The fraction of sp³-hybridized carbons (Fsp3) is 0.167. The Morgan fingerprint density at radius 2 is 2.10 bits per heavy atom. The van der Waals surface area contributed by atoms with Gasteiger partial charge < -0.3 is 5.11 Å². The predicted octanol–water partition coefficient (Wildman–Crippen LogP) is 2.75. The number of rotatable bonds is 3. The molecule has 0 aliphatic rings. The molecule has 2 aromatic rings. The number of hydrogen-bond donors (Lipinski definition) is 1. The third-order valence-electron chi connectivity index (χ3n) is 2.85. The molecular weight excluding hydrogens is 286 g/mol. The Morgan fingerprint density at radius 3 is 2.55 bits per heavy atom. The molecule has 7 nitrogen and oxygen atoms in total. The molecule has 20 heavy (non-hydrogen) atoms. The molecule has 1 N–H and O–H groups in total. The second-order valence-electron chi connectivity index (χ2n) is 4.16. The highest BCUT2D eigenvalue weighted by atomic mass is 35.5. The van der Waals surface area contributed by atoms with E-state index in [0.717, 1.165) is 6.07 Å². The molecule has 0 spiro atoms. The van der Waals surface area contributed by atoms with Crippen LogP contribution in [0.25, 0.3) is 5.69 Å². The Morgan fingerprint density at radius 1 is 1.45 bits per heavy atom. The Balaban J connectivity index is 2.75. The normalized spacial score (nSPS) is 10.6. The SMILES string of the molecule is Cc1nn(-c2cc(C(=O)O)ccc2[N+](=O)[O-])c(C)c1Cl. The first kappa shape index (κ1) is 14.0. The van der Waals surface area contributed by atoms with Gasteiger partial charge in [0.1, 0.15) is 5.69 Å². The largest absolute Gasteiger partial charge is 0.478 e. The standard InChI is InChI=1S/C12H10ClN3O4/c1-6-11(13)7(2)15(14-6)10-5-8(12(17)18)3-4-9(10)16(19)20/h3-5H,1-2H3,(H,17,18). The van der Waals surface area contributed by atoms with Crippen molar-refractivity contribution >= 4 is 23.3 Å². The summed E-state index contributed by atoms with van der Waals surface area (Å²) in [6.45, 7) is 3.32. The lowest BCUT2D eigenvalue weighted by molar-refractivity contribution is -0.384. The zero-order valence-electron chi connectivity index (χ0n) is 10.6. The highest BCUT2D eigenvalue weighted by Crippen LogP contribution is 2.28. The van der Waals surface area contributed by atoms with E-state index in [2.05, 4.69) is 5.10 Å². The number of nitrogens with zero attached hydrogens (tertiary/aromatic N) is 3. The molecule has 0 bridgehead atoms. The lowest BCUT2D eigenvalue weighted by Gasteiger charge is -2.06. The van der Waals surface area contributed by atoms with Gasteiger partial charge in [-0.05, 0) is 26.0 Å². The number of aryl methyl sites for hydroxylation is 1. The summed E-state index contributed by atoms with van der Waals surface area (Å²) in [6, 6.07) is 3.52. The van der Waals surface area contributed by atoms with Crippen LogP contribution in [0.1, 0.15) is 21.7 Å². The molecule has 0 fully saturated rings. The molecule has 8 heteroatoms. The average molecular weight is 296 g/mol. The number of carbonyl (C=O) groups is 1. The number of carboxylic acid groups (broad SMARTS) is 1. The summed E-state index contributed by atoms with van der Waals surface area (Å²) in [5, 5.41) is 24.6. The highest BCUT2D eigenvalue weighted by Gasteiger charge is 2.21. The van der Waals surface area contributed by atoms with Gasteiger partial charge in [-0.1, -0.05) is 11.6 Å². The number of nitro benzene ring substituents is 1. The van der Waals surface area contributed by atoms with E-state index in [9.17, 15) is 14.9 Å². The van der Waals surface area contributed by atoms with Crippen molar-refractivity contribution in [3.05, 3.63) is 50.3 Å². The molecule has 0 aliphatic carbocycles. The van der Waals surface area contributed by atoms with E-state index in [4.69, 9.17) is 16.7 Å². The number of hydrogen-bond acceptors (Lipinski definition) is 4. The van der Waals surface area contributed by atoms with Crippen LogP contribution in [0.15, 0.2) is 18.2 Å². The van der Waals surface area contributed by atoms with Crippen molar-refractivity contribution < 1.29 is 14.8 Å². The van der Waals surface area contributed by atoms with Crippen LogP contribution in [0.3, 0.4) is 0 Å². The molecule has 1 heterocycles. The van der Waals surface area contributed by atoms with Crippen molar-refractivity contribution in [3.8, 4) is 5.69 Å². The Labute approximate surface area is 118 Å². The van der Waals surface area contributed by atoms with E-state index in [0.29, 0.717) is 16.4 Å². The number of carboxylic acids is 1. The molecule has 1 aromatic carbocycles. The molecule has 2 rings (SSSR count). The summed E-state index contributed by atoms with van der Waals surface area (Å²) in [5.41, 5.74) is 0.794. The third-order valence-corrected chi connectivity index (χ3v) is 3.40. The topological polar surface area (TPSA) is 98.3 Å². The first-order valence-corrected chi connectivity index (χ1v) is 5.94. The lowest BCUT2D eigenvalue weighted by Crippen LogP contribution is -2.06. The smallest absolute Gasteiger partial charge is 0.335 e. The molecule has 0 atom stereocenters. The van der Waals surface area contributed by atoms with Crippen LogP contribution in [-0.4, -0.2) is 25.8 Å². The molecule has 0 unspecified atom stereocenters. The second kappa shape index (κ2) is 4.93. The van der Waals surface area contributed by atoms with Gasteiger partial charge in [0.05, 0.1) is 26.9 Å². The van der Waals surface area contributed by atoms with Crippen LogP contribution in [0.5, 0.6) is 0 Å². The van der Waals surface area contributed by atoms with Gasteiger partial charge in [0.25, 0.3) is 5.69 Å². The lowest BCUT2D eigenvalue weighted by atomic mass is 10.1. The van der Waals surface area contributed by atoms with E-state index in [1.54, 1.807) is 13.8 Å². The monoisotopic (exact) mass is 295 g/mol. The van der Waals surface area contributed by atoms with Gasteiger partial charge in [0, 0.05) is 6.07 Å². The number of nitro groups is 1. The number of aromatic nitrogens is 2. The van der Waals surface area contributed by atoms with Crippen LogP contribution in [0.4, 0.5) is 5.69 Å². The van der Waals surface area contributed by atoms with Gasteiger partial charge in [-0.15, -0.1) is 0 Å². The number of benzene rings is 1. The van der Waals surface area contributed by atoms with Crippen molar-refractivity contribution in [2.45, 2.75) is 13.8 Å². The summed E-state index contributed by atoms with van der Waals surface area (Å²) < 4.78 is 1.28. The van der Waals surface area contributed by atoms with Crippen LogP contribution < -0.4 is 0 Å². The Hall–Kier alpha value is -2.41. The summed E-state index contributed by atoms with van der Waals surface area (Å²) >= 11 is 6.01. The van der Waals surface area contributed by atoms with Gasteiger partial charge in [-0.3, -0.25) is 10.1 Å². The maximum absolute atomic E-state index is 11.1. The maximum Gasteiger partial charge on any atom is 0.335 e. The number of halogens is 1. The number of aromatic carboxylic acids is 1. The van der Waals surface area contributed by atoms with E-state index in [1.807, 2.05) is 0 Å². The van der Waals surface area contributed by atoms with Crippen LogP contribution in [0, 0.1) is 24.0 Å². The highest BCUT2D eigenvalue weighted by molar-refractivity contribution is 6.31. The van der Waals surface area contributed by atoms with Gasteiger partial charge >= 0.3 is 5.97 Å². The van der Waals surface area contributed by atoms with Crippen LogP contribution in [-0.2, 0) is 0 Å². The summed E-state index contributed by atoms with van der Waals surface area (Å²) in [4.78, 5) is 21.5. The van der Waals surface area contributed by atoms with Crippen molar-refractivity contribution in [1.82, 2.24) is 9.78 Å². The van der Waals surface area contributed by atoms with Crippen molar-refractivity contribution in [2.75, 3.05) is 0 Å². The van der Waals surface area contributed by atoms with Gasteiger partial charge in [-0.2, -0.15) is 5.10 Å². The molecule has 104 valence electrons. The Bertz CT molecular complexity index is 724. The summed E-state index contributed by atoms with van der Waals surface area (Å²) in [7, 11) is 0.